The molecule has 0 atom stereocenters. The summed E-state index contributed by atoms with van der Waals surface area (Å²) in [5, 5.41) is 9.09. The van der Waals surface area contributed by atoms with Crippen molar-refractivity contribution in [2.75, 3.05) is 44.8 Å². The number of benzene rings is 1. The topological polar surface area (TPSA) is 73.3 Å². The van der Waals surface area contributed by atoms with Gasteiger partial charge in [-0.15, -0.1) is 0 Å². The average Bonchev–Trinajstić information content (AvgIpc) is 2.93. The van der Waals surface area contributed by atoms with Gasteiger partial charge in [0.1, 0.15) is 12.3 Å². The number of anilines is 1. The van der Waals surface area contributed by atoms with Gasteiger partial charge in [0.2, 0.25) is 5.91 Å². The predicted molar refractivity (Wildman–Crippen MR) is 91.2 cm³/mol. The van der Waals surface area contributed by atoms with Crippen LogP contribution in [0.1, 0.15) is 13.8 Å². The molecule has 1 aliphatic rings. The minimum atomic E-state index is -0.179. The molecule has 3 amide bonds. The molecule has 7 nitrogen and oxygen atoms in total. The van der Waals surface area contributed by atoms with Crippen LogP contribution in [0.2, 0.25) is 0 Å². The molecular formula is C17H25N3O4. The van der Waals surface area contributed by atoms with Crippen LogP contribution in [0.3, 0.4) is 0 Å². The maximum Gasteiger partial charge on any atom is 0.325 e. The Labute approximate surface area is 142 Å². The number of hydrogen-bond donors (Lipinski definition) is 1. The first-order chi connectivity index (χ1) is 11.5. The number of aliphatic hydroxyl groups excluding tert-OH is 1. The highest BCUT2D eigenvalue weighted by Crippen LogP contribution is 2.23. The standard InChI is InChI=1S/C17H25N3O4/c1-13(2)19(10-11-21)16(22)12-18-8-9-20(17(18)23)14-4-6-15(24-3)7-5-14/h4-7,13,21H,8-12H2,1-3H3. The molecule has 1 N–H and O–H groups in total. The van der Waals surface area contributed by atoms with Crippen LogP contribution >= 0.6 is 0 Å². The summed E-state index contributed by atoms with van der Waals surface area (Å²) in [6.45, 7) is 5.05. The minimum absolute atomic E-state index is 0.0138. The normalized spacial score (nSPS) is 14.5. The van der Waals surface area contributed by atoms with E-state index in [1.54, 1.807) is 33.9 Å². The Balaban J connectivity index is 2.01. The largest absolute Gasteiger partial charge is 0.497 e. The molecule has 1 aliphatic heterocycles. The number of nitrogens with zero attached hydrogens (tertiary/aromatic N) is 3. The number of aliphatic hydroxyl groups is 1. The molecule has 2 rings (SSSR count). The zero-order valence-corrected chi connectivity index (χ0v) is 14.4. The molecule has 0 aliphatic carbocycles. The van der Waals surface area contributed by atoms with Crippen molar-refractivity contribution in [1.29, 1.82) is 0 Å². The number of rotatable bonds is 7. The van der Waals surface area contributed by atoms with Crippen LogP contribution in [0.5, 0.6) is 5.75 Å². The Morgan fingerprint density at radius 1 is 1.29 bits per heavy atom. The molecule has 0 saturated carbocycles. The van der Waals surface area contributed by atoms with Gasteiger partial charge in [-0.1, -0.05) is 0 Å². The van der Waals surface area contributed by atoms with Gasteiger partial charge < -0.3 is 19.6 Å². The zero-order valence-electron chi connectivity index (χ0n) is 14.4. The van der Waals surface area contributed by atoms with Crippen molar-refractivity contribution in [2.24, 2.45) is 0 Å². The maximum atomic E-state index is 12.5. The van der Waals surface area contributed by atoms with E-state index >= 15 is 0 Å². The number of methoxy groups -OCH3 is 1. The monoisotopic (exact) mass is 335 g/mol. The highest BCUT2D eigenvalue weighted by Gasteiger charge is 2.32. The molecule has 0 spiro atoms. The highest BCUT2D eigenvalue weighted by molar-refractivity contribution is 5.96. The van der Waals surface area contributed by atoms with Crippen molar-refractivity contribution < 1.29 is 19.4 Å². The summed E-state index contributed by atoms with van der Waals surface area (Å²) < 4.78 is 5.12. The second-order valence-electron chi connectivity index (χ2n) is 5.96. The second kappa shape index (κ2) is 8.01. The predicted octanol–water partition coefficient (Wildman–Crippen LogP) is 1.17. The first kappa shape index (κ1) is 18.1. The summed E-state index contributed by atoms with van der Waals surface area (Å²) in [6.07, 6.45) is 0. The lowest BCUT2D eigenvalue weighted by Gasteiger charge is -2.28. The van der Waals surface area contributed by atoms with E-state index < -0.39 is 0 Å². The van der Waals surface area contributed by atoms with Crippen molar-refractivity contribution in [2.45, 2.75) is 19.9 Å². The fourth-order valence-electron chi connectivity index (χ4n) is 2.76. The molecule has 7 heteroatoms. The smallest absolute Gasteiger partial charge is 0.325 e. The van der Waals surface area contributed by atoms with E-state index in [1.807, 2.05) is 26.0 Å². The Bertz CT molecular complexity index is 574. The average molecular weight is 335 g/mol. The van der Waals surface area contributed by atoms with Gasteiger partial charge >= 0.3 is 6.03 Å². The fourth-order valence-corrected chi connectivity index (χ4v) is 2.76. The summed E-state index contributed by atoms with van der Waals surface area (Å²) in [6, 6.07) is 7.07. The third-order valence-electron chi connectivity index (χ3n) is 4.09. The molecule has 1 aromatic carbocycles. The Morgan fingerprint density at radius 2 is 1.96 bits per heavy atom. The van der Waals surface area contributed by atoms with Gasteiger partial charge in [-0.05, 0) is 38.1 Å². The summed E-state index contributed by atoms with van der Waals surface area (Å²) in [5.41, 5.74) is 0.784. The molecule has 0 radical (unpaired) electrons. The second-order valence-corrected chi connectivity index (χ2v) is 5.96. The summed E-state index contributed by atoms with van der Waals surface area (Å²) >= 11 is 0. The van der Waals surface area contributed by atoms with Gasteiger partial charge in [0.05, 0.1) is 13.7 Å². The number of carbonyl (C=O) groups excluding carboxylic acids is 2. The molecule has 132 valence electrons. The van der Waals surface area contributed by atoms with E-state index in [0.29, 0.717) is 13.1 Å². The minimum Gasteiger partial charge on any atom is -0.497 e. The van der Waals surface area contributed by atoms with Crippen molar-refractivity contribution in [3.8, 4) is 5.75 Å². The van der Waals surface area contributed by atoms with Crippen LogP contribution in [-0.4, -0.2) is 72.8 Å². The highest BCUT2D eigenvalue weighted by atomic mass is 16.5. The van der Waals surface area contributed by atoms with Crippen molar-refractivity contribution >= 4 is 17.6 Å². The molecule has 1 fully saturated rings. The van der Waals surface area contributed by atoms with Gasteiger partial charge in [0, 0.05) is 31.4 Å². The molecule has 1 heterocycles. The first-order valence-electron chi connectivity index (χ1n) is 8.08. The number of amides is 3. The molecule has 0 aromatic heterocycles. The van der Waals surface area contributed by atoms with Crippen LogP contribution < -0.4 is 9.64 Å². The van der Waals surface area contributed by atoms with Crippen LogP contribution in [0.15, 0.2) is 24.3 Å². The lowest BCUT2D eigenvalue weighted by atomic mass is 10.3. The molecule has 24 heavy (non-hydrogen) atoms. The summed E-state index contributed by atoms with van der Waals surface area (Å²) in [4.78, 5) is 29.7. The van der Waals surface area contributed by atoms with E-state index in [1.165, 1.54) is 0 Å². The zero-order chi connectivity index (χ0) is 17.7. The fraction of sp³-hybridized carbons (Fsp3) is 0.529. The van der Waals surface area contributed by atoms with Crippen molar-refractivity contribution in [3.63, 3.8) is 0 Å². The van der Waals surface area contributed by atoms with Gasteiger partial charge in [-0.2, -0.15) is 0 Å². The first-order valence-corrected chi connectivity index (χ1v) is 8.08. The lowest BCUT2D eigenvalue weighted by molar-refractivity contribution is -0.133. The summed E-state index contributed by atoms with van der Waals surface area (Å²) in [7, 11) is 1.59. The van der Waals surface area contributed by atoms with Gasteiger partial charge in [0.15, 0.2) is 0 Å². The lowest BCUT2D eigenvalue weighted by Crippen LogP contribution is -2.46. The van der Waals surface area contributed by atoms with E-state index in [4.69, 9.17) is 9.84 Å². The number of urea groups is 1. The Morgan fingerprint density at radius 3 is 2.50 bits per heavy atom. The van der Waals surface area contributed by atoms with Crippen LogP contribution in [-0.2, 0) is 4.79 Å². The van der Waals surface area contributed by atoms with E-state index in [-0.39, 0.29) is 37.7 Å². The van der Waals surface area contributed by atoms with Crippen LogP contribution in [0.25, 0.3) is 0 Å². The Hall–Kier alpha value is -2.28. The SMILES string of the molecule is COc1ccc(N2CCN(CC(=O)N(CCO)C(C)C)C2=O)cc1. The van der Waals surface area contributed by atoms with E-state index in [0.717, 1.165) is 11.4 Å². The van der Waals surface area contributed by atoms with Crippen molar-refractivity contribution in [3.05, 3.63) is 24.3 Å². The number of carbonyl (C=O) groups is 2. The number of ether oxygens (including phenoxy) is 1. The molecular weight excluding hydrogens is 310 g/mol. The quantitative estimate of drug-likeness (QED) is 0.812. The Kier molecular flexibility index (Phi) is 6.03. The van der Waals surface area contributed by atoms with E-state index in [9.17, 15) is 9.59 Å². The van der Waals surface area contributed by atoms with Gasteiger partial charge in [0.25, 0.3) is 0 Å². The molecule has 1 saturated heterocycles. The summed E-state index contributed by atoms with van der Waals surface area (Å²) in [5.74, 6) is 0.581. The van der Waals surface area contributed by atoms with Crippen LogP contribution in [0.4, 0.5) is 10.5 Å². The third-order valence-corrected chi connectivity index (χ3v) is 4.09. The van der Waals surface area contributed by atoms with Gasteiger partial charge in [-0.25, -0.2) is 4.79 Å². The molecule has 1 aromatic rings. The van der Waals surface area contributed by atoms with E-state index in [2.05, 4.69) is 0 Å². The maximum absolute atomic E-state index is 12.5. The molecule has 0 bridgehead atoms. The third kappa shape index (κ3) is 3.97. The molecule has 0 unspecified atom stereocenters. The van der Waals surface area contributed by atoms with Gasteiger partial charge in [-0.3, -0.25) is 9.69 Å². The number of hydrogen-bond acceptors (Lipinski definition) is 4. The van der Waals surface area contributed by atoms with Crippen molar-refractivity contribution in [1.82, 2.24) is 9.80 Å². The van der Waals surface area contributed by atoms with Crippen LogP contribution in [0, 0.1) is 0 Å².